The molecule has 0 spiro atoms. The van der Waals surface area contributed by atoms with E-state index in [1.807, 2.05) is 201 Å². The van der Waals surface area contributed by atoms with Gasteiger partial charge in [0.2, 0.25) is 0 Å². The number of fused-ring (bicyclic) bond motifs is 6. The number of halogens is 2. The summed E-state index contributed by atoms with van der Waals surface area (Å²) < 4.78 is 60.3. The van der Waals surface area contributed by atoms with Gasteiger partial charge in [-0.25, -0.2) is 28.8 Å². The van der Waals surface area contributed by atoms with Gasteiger partial charge >= 0.3 is 86.5 Å². The first kappa shape index (κ1) is 132. The first-order chi connectivity index (χ1) is 59.6. The molecule has 40 heteroatoms. The van der Waals surface area contributed by atoms with E-state index < -0.39 is 5.97 Å². The summed E-state index contributed by atoms with van der Waals surface area (Å²) in [6.45, 7) is 34.0. The topological polar surface area (TPSA) is 325 Å². The van der Waals surface area contributed by atoms with Gasteiger partial charge in [-0.15, -0.1) is 24.4 Å². The van der Waals surface area contributed by atoms with Gasteiger partial charge in [-0.2, -0.15) is 0 Å². The first-order valence-electron chi connectivity index (χ1n) is 39.4. The van der Waals surface area contributed by atoms with Gasteiger partial charge < -0.3 is 53.0 Å². The van der Waals surface area contributed by atoms with Crippen LogP contribution >= 0.6 is 62.5 Å². The fourth-order valence-electron chi connectivity index (χ4n) is 12.1. The van der Waals surface area contributed by atoms with Gasteiger partial charge in [-0.3, -0.25) is 29.9 Å². The number of hydrogen-bond acceptors (Lipinski definition) is 26. The molecule has 2 N–H and O–H groups in total. The van der Waals surface area contributed by atoms with E-state index in [-0.39, 0.29) is 237 Å². The Morgan fingerprint density at radius 1 is 0.508 bits per heavy atom. The van der Waals surface area contributed by atoms with Crippen LogP contribution in [0.4, 0.5) is 0 Å². The molecule has 130 heavy (non-hydrogen) atoms. The van der Waals surface area contributed by atoms with E-state index in [4.69, 9.17) is 45.4 Å². The molecular weight excluding hydrogens is 2740 g/mol. The van der Waals surface area contributed by atoms with Gasteiger partial charge in [0, 0.05) is 271 Å². The van der Waals surface area contributed by atoms with Crippen molar-refractivity contribution in [2.45, 2.75) is 125 Å². The van der Waals surface area contributed by atoms with Gasteiger partial charge in [0.1, 0.15) is 0 Å². The van der Waals surface area contributed by atoms with Crippen molar-refractivity contribution in [3.63, 3.8) is 0 Å². The average molecular weight is 2850 g/mol. The van der Waals surface area contributed by atoms with E-state index in [1.54, 1.807) is 79.5 Å². The Hall–Kier alpha value is -4.33. The van der Waals surface area contributed by atoms with E-state index in [1.165, 1.54) is 18.6 Å². The maximum atomic E-state index is 12.0. The molecule has 1 fully saturated rings. The number of pyridine rings is 6. The fraction of sp³-hybridized carbons (Fsp3) is 0.289. The van der Waals surface area contributed by atoms with E-state index in [2.05, 4.69) is 140 Å². The zero-order valence-electron chi connectivity index (χ0n) is 77.1. The summed E-state index contributed by atoms with van der Waals surface area (Å²) in [5.74, 6) is -0.994. The second-order valence-corrected chi connectivity index (χ2v) is 28.8. The molecule has 24 nitrogen and oxygen atoms in total. The second-order valence-electron chi connectivity index (χ2n) is 26.4. The van der Waals surface area contributed by atoms with Crippen LogP contribution in [-0.4, -0.2) is 150 Å². The number of carbonyl (C=O) groups is 6. The third-order valence-electron chi connectivity index (χ3n) is 18.5. The fourth-order valence-corrected chi connectivity index (χ4v) is 13.2. The van der Waals surface area contributed by atoms with E-state index >= 15 is 0 Å². The number of thiol groups is 1. The van der Waals surface area contributed by atoms with E-state index in [9.17, 15) is 33.9 Å². The number of carboxylic acids is 1. The summed E-state index contributed by atoms with van der Waals surface area (Å²) in [4.78, 5) is 95.9. The normalized spacial score (nSPS) is 11.7. The second kappa shape index (κ2) is 71.2. The summed E-state index contributed by atoms with van der Waals surface area (Å²) in [6.07, 6.45) is 11.2. The molecule has 6 aromatic carbocycles. The van der Waals surface area contributed by atoms with Gasteiger partial charge in [-0.05, 0) is 159 Å². The number of carbonyl (C=O) groups excluding carboxylic acids is 5. The molecule has 1 aliphatic rings. The van der Waals surface area contributed by atoms with Gasteiger partial charge in [0.15, 0.2) is 0 Å². The summed E-state index contributed by atoms with van der Waals surface area (Å²) >= 11 is 17.5. The molecule has 5 unspecified atom stereocenters. The van der Waals surface area contributed by atoms with Crippen LogP contribution in [0.15, 0.2) is 211 Å². The molecule has 0 bridgehead atoms. The molecule has 7 heterocycles. The largest absolute Gasteiger partial charge is 1.00 e. The van der Waals surface area contributed by atoms with E-state index in [0.717, 1.165) is 98.6 Å². The number of aromatic nitrogens is 6. The molecule has 0 saturated carbocycles. The van der Waals surface area contributed by atoms with Crippen molar-refractivity contribution in [3.05, 3.63) is 268 Å². The number of hydrogen-bond donors (Lipinski definition) is 2. The van der Waals surface area contributed by atoms with Gasteiger partial charge in [-0.1, -0.05) is 151 Å². The molecule has 1 saturated heterocycles. The number of aryl methyl sites for hydroxylation is 1. The summed E-state index contributed by atoms with van der Waals surface area (Å²) in [7, 11) is 11.9. The third-order valence-corrected chi connectivity index (χ3v) is 19.8. The SMILES string of the molecule is C=CB1OC(C)(C)C(C)(C)O1.C=Cc1c(C(=O)OCC)cnc2ccccc12.CCOC(=O)c1cnc2ccccc2c1Br.CCOC(=O)c1cnc2ccccc2c1C(C)Br.CCOC(=O)c1cnc2ccccc2c1C(C)OC.CCOC(=O)c1cnc2ccccc2c1CC.COC(C)c1c(C(=O)O)cnc2ccccc12.PP.S=S.[3H][3H].[B]=NS.[Li+].[OH-].[U].[U].[V].[V].[W].[W]. The number of methoxy groups -OCH3 is 2. The van der Waals surface area contributed by atoms with Crippen LogP contribution in [0.1, 0.15) is 200 Å². The third kappa shape index (κ3) is 38.6. The van der Waals surface area contributed by atoms with Crippen LogP contribution in [0.3, 0.4) is 0 Å². The quantitative estimate of drug-likeness (QED) is 0.0190. The molecule has 6 aromatic heterocycles. The predicted octanol–water partition coefficient (Wildman–Crippen LogP) is 18.5. The molecule has 0 amide bonds. The number of carboxylic acid groups (broad SMARTS) is 1. The van der Waals surface area contributed by atoms with E-state index in [0.29, 0.717) is 66.4 Å². The maximum absolute atomic E-state index is 12.0. The minimum absolute atomic E-state index is 0. The van der Waals surface area contributed by atoms with Crippen molar-refractivity contribution >= 4 is 207 Å². The monoisotopic (exact) mass is 2850 g/mol. The summed E-state index contributed by atoms with van der Waals surface area (Å²) in [5.41, 5.74) is 11.5. The number of nitrogens with zero attached hydrogens (tertiary/aromatic N) is 7. The van der Waals surface area contributed by atoms with Crippen molar-refractivity contribution in [1.82, 2.24) is 29.9 Å². The summed E-state index contributed by atoms with van der Waals surface area (Å²) in [5, 5.41) is 14.7. The van der Waals surface area contributed by atoms with Crippen molar-refractivity contribution in [2.75, 3.05) is 47.3 Å². The van der Waals surface area contributed by atoms with Gasteiger partial charge in [0.05, 0.1) is 123 Å². The molecule has 0 aliphatic carbocycles. The Labute approximate surface area is 914 Å². The first-order valence-corrected chi connectivity index (χ1v) is 44.5. The number of para-hydroxylation sites is 6. The Morgan fingerprint density at radius 3 is 1.08 bits per heavy atom. The van der Waals surface area contributed by atoms with Crippen LogP contribution in [-0.2, 0) is 151 Å². The minimum Gasteiger partial charge on any atom is -0.870 e. The van der Waals surface area contributed by atoms with Crippen molar-refractivity contribution in [3.8, 4) is 0 Å². The molecule has 681 valence electrons. The standard InChI is InChI=1S/C15H17NO3.C14H14BrNO2.C14H15NO2.C14H13NO2.C13H13NO3.C12H10BrNO2.C8H15BO2.BHNS.Li.H2O.H4P2.S2.2U.2V.2W.H2/c1-4-19-15(17)12-9-16-13-8-6-5-7-11(13)14(12)10(2)18-3;1-3-18-14(17)11-8-16-12-7-5-4-6-10(12)13(11)9(2)15;2*1-3-10-11-7-5-6-8-13(11)15-9-12(10)14(16)17-4-2;1-8(17-2)12-9-5-3-4-6-11(9)14-7-10(12)13(15)16;1-2-16-12(15)9-7-14-10-6-4-3-5-8(10)11(9)13;1-6-9-10-7(2,3)8(4,5)11-9;1-2-3;;;2*1-2;;;;;;;/h5-10H,4H2,1-3H3;4-9H,3H2,1-2H3;5-9H,3-4H2,1-2H3;3,5-9H,1,4H2,2H3;3-8H,1-2H3,(H,15,16);3-7H,2H2,1H3;6H,1H2,2-5H3;3H;;1H2;1-2H2;;;;;;;;1H/q;;;;;;;;+1;;;;;;;;;;/p-1/i;;;;;;;;;;;;;;;;;;1+2T. The zero-order chi connectivity index (χ0) is 92.8. The number of aromatic carboxylic acids is 1. The maximum Gasteiger partial charge on any atom is 1.00 e. The molecule has 3 radical (unpaired) electrons. The number of ether oxygens (including phenoxy) is 7. The van der Waals surface area contributed by atoms with Crippen LogP contribution in [0.5, 0.6) is 0 Å². The Kier molecular flexibility index (Phi) is 72.2. The Balaban J connectivity index is -0.000000343. The smallest absolute Gasteiger partial charge is 0.870 e. The number of esters is 5. The van der Waals surface area contributed by atoms with Crippen molar-refractivity contribution in [1.29, 1.82) is 0 Å². The van der Waals surface area contributed by atoms with Crippen LogP contribution in [0.25, 0.3) is 71.5 Å². The number of rotatable bonds is 19. The van der Waals surface area contributed by atoms with Crippen LogP contribution < -0.4 is 18.9 Å². The molecule has 5 atom stereocenters. The number of benzene rings is 6. The number of alkyl halides is 1. The Morgan fingerprint density at radius 2 is 0.762 bits per heavy atom. The average Bonchev–Trinajstić information content (AvgIpc) is 1.71. The minimum atomic E-state index is -0.984. The zero-order valence-corrected chi connectivity index (χ0v) is 100. The summed E-state index contributed by atoms with van der Waals surface area (Å²) in [6, 6.07) is 46.0. The Bertz CT molecular complexity index is 5590. The van der Waals surface area contributed by atoms with Gasteiger partial charge in [0.25, 0.3) is 0 Å². The van der Waals surface area contributed by atoms with Crippen molar-refractivity contribution < 1.29 is 245 Å². The molecule has 12 aromatic rings. The molecular formula is C90H105B2Br2LiN7O17P2S3U2V2W2. The molecule has 1 aliphatic heterocycles. The van der Waals surface area contributed by atoms with Crippen LogP contribution in [0.2, 0.25) is 0 Å². The predicted molar refractivity (Wildman–Crippen MR) is 514 cm³/mol. The molecule has 13 rings (SSSR count). The van der Waals surface area contributed by atoms with Crippen molar-refractivity contribution in [2.24, 2.45) is 4.30 Å². The van der Waals surface area contributed by atoms with Crippen LogP contribution in [0, 0.1) is 62.2 Å².